The molecule has 2 bridgehead atoms. The van der Waals surface area contributed by atoms with Gasteiger partial charge in [0.2, 0.25) is 12.3 Å². The Labute approximate surface area is 413 Å². The Morgan fingerprint density at radius 1 is 0.929 bits per heavy atom. The van der Waals surface area contributed by atoms with Gasteiger partial charge in [0.25, 0.3) is 0 Å². The Balaban J connectivity index is 0.000000406. The van der Waals surface area contributed by atoms with Crippen LogP contribution in [-0.4, -0.2) is 108 Å². The normalized spacial score (nSPS) is 18.3. The van der Waals surface area contributed by atoms with Crippen LogP contribution in [0.5, 0.6) is 0 Å². The number of fused-ring (bicyclic) bond motifs is 3. The number of nitrogens with two attached hydrogens (primary N) is 1. The van der Waals surface area contributed by atoms with Crippen molar-refractivity contribution in [1.82, 2.24) is 40.1 Å². The molecule has 4 aliphatic rings. The summed E-state index contributed by atoms with van der Waals surface area (Å²) in [6.07, 6.45) is 25.1. The summed E-state index contributed by atoms with van der Waals surface area (Å²) in [7, 11) is 6.73. The maximum Gasteiger partial charge on any atom is 0.407 e. The average molecular weight is 956 g/mol. The standard InChI is InChI=1S/C38H44N8O2.C6H6.C4H7NO3.C3H8.C2H6O.C2H2/c1-38(13-14-38)22-45(35(48)20-40-23-47)21-34-41-19-33(46(34)39)29-10-9-27-15-26(7-8-28(27)16-29)24-3-5-25(6-4-24)32-18-42-37(43-32)36-30-11-12-31(17-30)44(36)2;1-2-4-6-5-3-1;1-8-4(7)5-2-3-6;2*1-3-2;1-2/h3-9,15-16,18-19,23,29-31,36H,10-14,17,20-22,39H2,1-2H3,(H,40,47)(H,42,43);1-6H;3H,2H2,1H3,(H,5,7);3H2,1-2H3;1-2H3;1-2H/t29?,30-,31?,36-;;;;;/m0...../s1. The number of nitrogens with one attached hydrogen (secondary N) is 3. The predicted octanol–water partition coefficient (Wildman–Crippen LogP) is 6.59. The van der Waals surface area contributed by atoms with Crippen LogP contribution in [0.25, 0.3) is 34.5 Å². The molecule has 3 fully saturated rings. The first-order valence-electron chi connectivity index (χ1n) is 23.9. The topological polar surface area (TPSA) is 190 Å². The minimum atomic E-state index is -0.586. The SMILES string of the molecule is C#C.CCC.CN1C2CC[C@@H](C2)[C@H]1c1ncc(-c2ccc(-c3ccc4c(c3)=CCC(c3cnc(CN(CC5(C)CC5)C(=O)CNC=O)n3N)C=4)cc2)[nH]1.COC.COC(=O)NCC=O.c1ccccc1. The Morgan fingerprint density at radius 2 is 1.56 bits per heavy atom. The lowest BCUT2D eigenvalue weighted by Crippen LogP contribution is -2.41. The third-order valence-electron chi connectivity index (χ3n) is 12.5. The van der Waals surface area contributed by atoms with E-state index in [1.807, 2.05) is 48.8 Å². The monoisotopic (exact) mass is 956 g/mol. The largest absolute Gasteiger partial charge is 0.453 e. The molecule has 2 saturated carbocycles. The van der Waals surface area contributed by atoms with Crippen LogP contribution < -0.4 is 26.9 Å². The van der Waals surface area contributed by atoms with Gasteiger partial charge in [0.1, 0.15) is 17.9 Å². The van der Waals surface area contributed by atoms with Crippen LogP contribution in [0, 0.1) is 24.2 Å². The third-order valence-corrected chi connectivity index (χ3v) is 12.5. The second-order valence-electron chi connectivity index (χ2n) is 18.0. The fraction of sp³-hybridized carbons (Fsp3) is 0.418. The minimum absolute atomic E-state index is 0.00662. The zero-order chi connectivity index (χ0) is 51.1. The smallest absolute Gasteiger partial charge is 0.407 e. The van der Waals surface area contributed by atoms with Crippen LogP contribution in [-0.2, 0) is 30.4 Å². The molecule has 9 rings (SSSR count). The number of likely N-dealkylation sites (tertiary alicyclic amines) is 1. The molecular formula is C55H73N9O6. The van der Waals surface area contributed by atoms with Crippen LogP contribution in [0.4, 0.5) is 4.79 Å². The van der Waals surface area contributed by atoms with E-state index < -0.39 is 6.09 Å². The molecule has 0 radical (unpaired) electrons. The lowest BCUT2D eigenvalue weighted by Gasteiger charge is -2.30. The molecule has 15 nitrogen and oxygen atoms in total. The number of H-pyrrole nitrogens is 1. The van der Waals surface area contributed by atoms with Gasteiger partial charge in [0.15, 0.2) is 0 Å². The van der Waals surface area contributed by atoms with Gasteiger partial charge in [-0.2, -0.15) is 0 Å². The van der Waals surface area contributed by atoms with E-state index in [9.17, 15) is 19.2 Å². The number of nitrogens with zero attached hydrogens (tertiary/aromatic N) is 5. The Bertz CT molecular complexity index is 2500. The van der Waals surface area contributed by atoms with Crippen molar-refractivity contribution in [1.29, 1.82) is 0 Å². The van der Waals surface area contributed by atoms with E-state index in [0.29, 0.717) is 43.7 Å². The van der Waals surface area contributed by atoms with E-state index in [-0.39, 0.29) is 30.3 Å². The lowest BCUT2D eigenvalue weighted by atomic mass is 9.93. The number of hydrogen-bond donors (Lipinski definition) is 4. The van der Waals surface area contributed by atoms with E-state index in [0.717, 1.165) is 48.0 Å². The van der Waals surface area contributed by atoms with Crippen molar-refractivity contribution in [2.24, 2.45) is 11.3 Å². The van der Waals surface area contributed by atoms with Crippen LogP contribution in [0.3, 0.4) is 0 Å². The molecule has 2 unspecified atom stereocenters. The van der Waals surface area contributed by atoms with E-state index in [4.69, 9.17) is 10.8 Å². The molecule has 70 heavy (non-hydrogen) atoms. The van der Waals surface area contributed by atoms with Gasteiger partial charge < -0.3 is 40.6 Å². The lowest BCUT2D eigenvalue weighted by molar-refractivity contribution is -0.132. The zero-order valence-corrected chi connectivity index (χ0v) is 42.0. The highest BCUT2D eigenvalue weighted by Crippen LogP contribution is 2.48. The third kappa shape index (κ3) is 15.8. The van der Waals surface area contributed by atoms with Gasteiger partial charge in [-0.15, -0.1) is 12.8 Å². The van der Waals surface area contributed by atoms with Crippen LogP contribution in [0.2, 0.25) is 0 Å². The number of alkyl carbamates (subject to hydrolysis) is 1. The van der Waals surface area contributed by atoms with Gasteiger partial charge >= 0.3 is 6.09 Å². The van der Waals surface area contributed by atoms with Crippen molar-refractivity contribution >= 4 is 36.8 Å². The van der Waals surface area contributed by atoms with Gasteiger partial charge in [-0.1, -0.05) is 112 Å². The van der Waals surface area contributed by atoms with Crippen molar-refractivity contribution in [2.45, 2.75) is 90.3 Å². The second-order valence-corrected chi connectivity index (χ2v) is 18.0. The molecule has 3 aromatic carbocycles. The molecule has 3 amide bonds. The van der Waals surface area contributed by atoms with E-state index in [2.05, 4.69) is 130 Å². The number of hydrogen-bond acceptors (Lipinski definition) is 10. The summed E-state index contributed by atoms with van der Waals surface area (Å²) in [5, 5.41) is 7.03. The number of carbonyl (C=O) groups is 4. The number of rotatable bonds is 13. The number of imidazole rings is 2. The summed E-state index contributed by atoms with van der Waals surface area (Å²) < 4.78 is 10.0. The number of methoxy groups -OCH3 is 2. The average Bonchev–Trinajstić information content (AvgIpc) is 3.85. The summed E-state index contributed by atoms with van der Waals surface area (Å²) in [6, 6.07) is 28.5. The van der Waals surface area contributed by atoms with E-state index in [1.165, 1.54) is 54.4 Å². The Morgan fingerprint density at radius 3 is 2.13 bits per heavy atom. The first-order chi connectivity index (χ1) is 33.9. The summed E-state index contributed by atoms with van der Waals surface area (Å²) in [4.78, 5) is 60.6. The summed E-state index contributed by atoms with van der Waals surface area (Å²) in [6.45, 7) is 7.34. The number of aldehydes is 1. The molecule has 3 aliphatic carbocycles. The summed E-state index contributed by atoms with van der Waals surface area (Å²) in [5.74, 6) is 8.99. The highest BCUT2D eigenvalue weighted by molar-refractivity contribution is 5.80. The molecule has 0 spiro atoms. The molecule has 374 valence electrons. The number of ether oxygens (including phenoxy) is 2. The Kier molecular flexibility index (Phi) is 22.6. The van der Waals surface area contributed by atoms with Gasteiger partial charge in [0, 0.05) is 32.7 Å². The summed E-state index contributed by atoms with van der Waals surface area (Å²) in [5.41, 5.74) is 5.61. The van der Waals surface area contributed by atoms with E-state index >= 15 is 0 Å². The highest BCUT2D eigenvalue weighted by atomic mass is 16.5. The van der Waals surface area contributed by atoms with Crippen molar-refractivity contribution in [3.05, 3.63) is 119 Å². The summed E-state index contributed by atoms with van der Waals surface area (Å²) >= 11 is 0. The number of amides is 3. The Hall–Kier alpha value is -7.02. The number of aromatic amines is 1. The molecule has 1 saturated heterocycles. The molecule has 15 heteroatoms. The zero-order valence-electron chi connectivity index (χ0n) is 42.0. The number of terminal acetylenes is 1. The first kappa shape index (κ1) is 55.6. The van der Waals surface area contributed by atoms with Gasteiger partial charge in [0.05, 0.1) is 56.6 Å². The van der Waals surface area contributed by atoms with Crippen LogP contribution in [0.1, 0.15) is 95.0 Å². The number of nitrogen functional groups attached to an aromatic ring is 1. The molecular weight excluding hydrogens is 883 g/mol. The fourth-order valence-electron chi connectivity index (χ4n) is 8.79. The molecule has 4 atom stereocenters. The molecule has 5 N–H and O–H groups in total. The predicted molar refractivity (Wildman–Crippen MR) is 278 cm³/mol. The highest BCUT2D eigenvalue weighted by Gasteiger charge is 2.45. The fourth-order valence-corrected chi connectivity index (χ4v) is 8.79. The maximum absolute atomic E-state index is 12.9. The molecule has 2 aromatic heterocycles. The van der Waals surface area contributed by atoms with Crippen molar-refractivity contribution in [3.63, 3.8) is 0 Å². The van der Waals surface area contributed by atoms with Gasteiger partial charge in [-0.3, -0.25) is 14.5 Å². The minimum Gasteiger partial charge on any atom is -0.453 e. The number of carbonyl (C=O) groups excluding carboxylic acids is 4. The van der Waals surface area contributed by atoms with Crippen LogP contribution in [0.15, 0.2) is 91.3 Å². The maximum atomic E-state index is 12.9. The number of piperidine rings is 1. The van der Waals surface area contributed by atoms with Crippen molar-refractivity contribution in [2.75, 3.05) is 53.9 Å². The second kappa shape index (κ2) is 28.5. The molecule has 3 heterocycles. The number of benzene rings is 3. The van der Waals surface area contributed by atoms with Crippen molar-refractivity contribution < 1.29 is 28.7 Å². The van der Waals surface area contributed by atoms with Gasteiger partial charge in [-0.05, 0) is 90.1 Å². The number of aromatic nitrogens is 4. The quantitative estimate of drug-likeness (QED) is 0.0570. The first-order valence-corrected chi connectivity index (χ1v) is 23.9. The molecule has 1 aliphatic heterocycles. The van der Waals surface area contributed by atoms with E-state index in [1.54, 1.807) is 23.8 Å². The van der Waals surface area contributed by atoms with Crippen LogP contribution >= 0.6 is 0 Å². The van der Waals surface area contributed by atoms with Gasteiger partial charge in [-0.25, -0.2) is 19.4 Å². The molecule has 5 aromatic rings. The van der Waals surface area contributed by atoms with Crippen molar-refractivity contribution in [3.8, 4) is 35.2 Å².